The maximum absolute atomic E-state index is 12.0. The minimum absolute atomic E-state index is 0.0223. The molecular formula is C40H58O4. The van der Waals surface area contributed by atoms with E-state index >= 15 is 0 Å². The normalized spacial score (nSPS) is 41.0. The van der Waals surface area contributed by atoms with Crippen molar-refractivity contribution in [2.75, 3.05) is 0 Å². The van der Waals surface area contributed by atoms with Gasteiger partial charge in [-0.05, 0) is 129 Å². The summed E-state index contributed by atoms with van der Waals surface area (Å²) in [7, 11) is 0. The van der Waals surface area contributed by atoms with E-state index in [0.717, 1.165) is 64.2 Å². The number of aryl methyl sites for hydroxylation is 1. The van der Waals surface area contributed by atoms with Crippen LogP contribution in [0, 0.1) is 39.4 Å². The van der Waals surface area contributed by atoms with Crippen LogP contribution in [0.5, 0.6) is 0 Å². The van der Waals surface area contributed by atoms with Gasteiger partial charge in [0, 0.05) is 5.41 Å². The first-order valence-corrected chi connectivity index (χ1v) is 17.5. The maximum Gasteiger partial charge on any atom is 0.309 e. The average Bonchev–Trinajstić information content (AvgIpc) is 2.96. The van der Waals surface area contributed by atoms with Crippen LogP contribution >= 0.6 is 0 Å². The lowest BCUT2D eigenvalue weighted by atomic mass is 9.45. The maximum atomic E-state index is 12.0. The van der Waals surface area contributed by atoms with Crippen molar-refractivity contribution in [3.8, 4) is 0 Å². The highest BCUT2D eigenvalue weighted by Crippen LogP contribution is 2.64. The first kappa shape index (κ1) is 33.0. The van der Waals surface area contributed by atoms with Gasteiger partial charge in [-0.1, -0.05) is 83.4 Å². The summed E-state index contributed by atoms with van der Waals surface area (Å²) in [5, 5.41) is 19.7. The van der Waals surface area contributed by atoms with E-state index in [9.17, 15) is 19.8 Å². The number of allylic oxidation sites excluding steroid dienone is 3. The Labute approximate surface area is 266 Å². The van der Waals surface area contributed by atoms with E-state index in [2.05, 4.69) is 71.5 Å². The number of benzene rings is 1. The third-order valence-corrected chi connectivity index (χ3v) is 13.9. The quantitative estimate of drug-likeness (QED) is 0.336. The van der Waals surface area contributed by atoms with Crippen LogP contribution in [-0.2, 0) is 21.4 Å². The number of hydrogen-bond donors (Lipinski definition) is 2. The fourth-order valence-corrected chi connectivity index (χ4v) is 11.1. The van der Waals surface area contributed by atoms with E-state index in [4.69, 9.17) is 0 Å². The van der Waals surface area contributed by atoms with Gasteiger partial charge in [-0.15, -0.1) is 6.58 Å². The SMILES string of the molecule is C=C[C@@]1(C)C=C2CCC3[C@](C)(C(=O)O)CCC[C@]3(C)[C@H]2CC1.CC(C)c1ccc2c(c1)CC[C@H]1[C@](C)(C(=O)O)CCC[C@]21C. The summed E-state index contributed by atoms with van der Waals surface area (Å²) in [6, 6.07) is 6.92. The van der Waals surface area contributed by atoms with Gasteiger partial charge >= 0.3 is 11.9 Å². The van der Waals surface area contributed by atoms with Crippen molar-refractivity contribution in [3.63, 3.8) is 0 Å². The third kappa shape index (κ3) is 5.20. The van der Waals surface area contributed by atoms with Gasteiger partial charge in [0.15, 0.2) is 0 Å². The number of fused-ring (bicyclic) bond motifs is 6. The van der Waals surface area contributed by atoms with Crippen LogP contribution in [0.4, 0.5) is 0 Å². The van der Waals surface area contributed by atoms with Crippen molar-refractivity contribution in [1.82, 2.24) is 0 Å². The molecule has 0 bridgehead atoms. The monoisotopic (exact) mass is 602 g/mol. The predicted molar refractivity (Wildman–Crippen MR) is 179 cm³/mol. The Bertz CT molecular complexity index is 1340. The molecule has 4 heteroatoms. The first-order chi connectivity index (χ1) is 20.5. The van der Waals surface area contributed by atoms with Gasteiger partial charge < -0.3 is 10.2 Å². The predicted octanol–water partition coefficient (Wildman–Crippen LogP) is 10.1. The molecule has 1 unspecified atom stereocenters. The van der Waals surface area contributed by atoms with Gasteiger partial charge in [0.1, 0.15) is 0 Å². The largest absolute Gasteiger partial charge is 0.481 e. The van der Waals surface area contributed by atoms with Gasteiger partial charge in [0.05, 0.1) is 10.8 Å². The third-order valence-electron chi connectivity index (χ3n) is 13.9. The fraction of sp³-hybridized carbons (Fsp3) is 0.700. The molecule has 3 fully saturated rings. The van der Waals surface area contributed by atoms with Crippen LogP contribution in [0.2, 0.25) is 0 Å². The summed E-state index contributed by atoms with van der Waals surface area (Å²) in [6.45, 7) is 19.4. The zero-order chi connectivity index (χ0) is 32.3. The molecule has 1 aromatic carbocycles. The highest BCUT2D eigenvalue weighted by atomic mass is 16.4. The van der Waals surface area contributed by atoms with Crippen LogP contribution < -0.4 is 0 Å². The lowest BCUT2D eigenvalue weighted by Crippen LogP contribution is -2.54. The molecule has 6 rings (SSSR count). The van der Waals surface area contributed by atoms with Gasteiger partial charge in [-0.3, -0.25) is 9.59 Å². The fourth-order valence-electron chi connectivity index (χ4n) is 11.1. The van der Waals surface area contributed by atoms with Gasteiger partial charge in [-0.25, -0.2) is 0 Å². The zero-order valence-electron chi connectivity index (χ0n) is 28.6. The van der Waals surface area contributed by atoms with Crippen molar-refractivity contribution in [2.24, 2.45) is 39.4 Å². The van der Waals surface area contributed by atoms with Gasteiger partial charge in [0.25, 0.3) is 0 Å². The number of rotatable bonds is 4. The molecule has 8 atom stereocenters. The lowest BCUT2D eigenvalue weighted by Gasteiger charge is -2.59. The molecule has 0 saturated heterocycles. The minimum Gasteiger partial charge on any atom is -0.481 e. The first-order valence-electron chi connectivity index (χ1n) is 17.5. The summed E-state index contributed by atoms with van der Waals surface area (Å²) < 4.78 is 0. The molecule has 0 aromatic heterocycles. The molecule has 0 radical (unpaired) electrons. The Morgan fingerprint density at radius 2 is 1.45 bits per heavy atom. The van der Waals surface area contributed by atoms with Crippen LogP contribution in [0.1, 0.15) is 142 Å². The smallest absolute Gasteiger partial charge is 0.309 e. The summed E-state index contributed by atoms with van der Waals surface area (Å²) in [5.41, 5.74) is 5.09. The summed E-state index contributed by atoms with van der Waals surface area (Å²) in [6.07, 6.45) is 17.1. The Balaban J connectivity index is 0.000000175. The van der Waals surface area contributed by atoms with Crippen LogP contribution in [-0.4, -0.2) is 22.2 Å². The van der Waals surface area contributed by atoms with E-state index in [1.54, 1.807) is 5.57 Å². The number of carboxylic acid groups (broad SMARTS) is 2. The Kier molecular flexibility index (Phi) is 8.60. The molecule has 0 amide bonds. The van der Waals surface area contributed by atoms with E-state index < -0.39 is 22.8 Å². The van der Waals surface area contributed by atoms with Crippen LogP contribution in [0.25, 0.3) is 0 Å². The highest BCUT2D eigenvalue weighted by molar-refractivity contribution is 5.76. The molecule has 5 aliphatic rings. The summed E-state index contributed by atoms with van der Waals surface area (Å²) in [5.74, 6) is 0.517. The standard InChI is InChI=1S/C20H28O2.C20H30O2/c1-13(2)14-6-8-16-15(12-14)7-9-17-19(16,3)10-5-11-20(17,4)18(21)22;1-5-18(2)12-9-15-14(13-18)7-8-16-19(15,3)10-6-11-20(16,4)17(21)22/h6,8,12-13,17H,5,7,9-11H2,1-4H3,(H,21,22);5,13,15-16H,1,6-12H2,2-4H3,(H,21,22)/t17-,19-,20-;15-,16?,18+,19+,20+/m10/s1. The molecule has 5 aliphatic carbocycles. The number of hydrogen-bond acceptors (Lipinski definition) is 2. The number of aliphatic carboxylic acids is 2. The molecule has 1 aromatic rings. The van der Waals surface area contributed by atoms with Crippen molar-refractivity contribution in [2.45, 2.75) is 137 Å². The van der Waals surface area contributed by atoms with E-state index in [1.165, 1.54) is 29.5 Å². The van der Waals surface area contributed by atoms with Crippen molar-refractivity contribution in [1.29, 1.82) is 0 Å². The summed E-state index contributed by atoms with van der Waals surface area (Å²) in [4.78, 5) is 23.9. The minimum atomic E-state index is -0.606. The van der Waals surface area contributed by atoms with Crippen LogP contribution in [0.3, 0.4) is 0 Å². The molecular weight excluding hydrogens is 544 g/mol. The van der Waals surface area contributed by atoms with E-state index in [-0.39, 0.29) is 22.2 Å². The van der Waals surface area contributed by atoms with Gasteiger partial charge in [-0.2, -0.15) is 0 Å². The molecule has 4 nitrogen and oxygen atoms in total. The molecule has 0 heterocycles. The second-order valence-electron chi connectivity index (χ2n) is 16.8. The molecule has 0 aliphatic heterocycles. The Morgan fingerprint density at radius 1 is 0.841 bits per heavy atom. The zero-order valence-corrected chi connectivity index (χ0v) is 28.6. The average molecular weight is 603 g/mol. The van der Waals surface area contributed by atoms with Crippen molar-refractivity contribution < 1.29 is 19.8 Å². The van der Waals surface area contributed by atoms with Crippen LogP contribution in [0.15, 0.2) is 42.5 Å². The molecule has 3 saturated carbocycles. The lowest BCUT2D eigenvalue weighted by molar-refractivity contribution is -0.164. The van der Waals surface area contributed by atoms with E-state index in [0.29, 0.717) is 17.8 Å². The van der Waals surface area contributed by atoms with Crippen molar-refractivity contribution >= 4 is 11.9 Å². The number of carboxylic acids is 2. The Morgan fingerprint density at radius 3 is 2.07 bits per heavy atom. The highest BCUT2D eigenvalue weighted by Gasteiger charge is 2.58. The molecule has 242 valence electrons. The van der Waals surface area contributed by atoms with E-state index in [1.807, 2.05) is 13.8 Å². The molecule has 0 spiro atoms. The number of carbonyl (C=O) groups is 2. The Hall–Kier alpha value is -2.36. The molecule has 2 N–H and O–H groups in total. The van der Waals surface area contributed by atoms with Crippen molar-refractivity contribution in [3.05, 3.63) is 59.2 Å². The molecule has 44 heavy (non-hydrogen) atoms. The second-order valence-corrected chi connectivity index (χ2v) is 16.8. The second kappa shape index (κ2) is 11.5. The topological polar surface area (TPSA) is 74.6 Å². The van der Waals surface area contributed by atoms with Gasteiger partial charge in [0.2, 0.25) is 0 Å². The summed E-state index contributed by atoms with van der Waals surface area (Å²) >= 11 is 0.